The van der Waals surface area contributed by atoms with Gasteiger partial charge in [-0.25, -0.2) is 0 Å². The maximum Gasteiger partial charge on any atom is 0.308 e. The molecule has 1 N–H and O–H groups in total. The fourth-order valence-corrected chi connectivity index (χ4v) is 3.55. The zero-order valence-corrected chi connectivity index (χ0v) is 16.9. The Bertz CT molecular complexity index is 907. The molecule has 152 valence electrons. The van der Waals surface area contributed by atoms with Crippen molar-refractivity contribution in [2.24, 2.45) is 0 Å². The van der Waals surface area contributed by atoms with E-state index < -0.39 is 5.97 Å². The van der Waals surface area contributed by atoms with Crippen molar-refractivity contribution in [2.75, 3.05) is 13.1 Å². The van der Waals surface area contributed by atoms with E-state index in [4.69, 9.17) is 16.3 Å². The first-order chi connectivity index (χ1) is 13.9. The molecular weight excluding hydrogens is 392 g/mol. The summed E-state index contributed by atoms with van der Waals surface area (Å²) in [5.74, 6) is -0.252. The van der Waals surface area contributed by atoms with E-state index in [1.165, 1.54) is 6.92 Å². The van der Waals surface area contributed by atoms with Crippen LogP contribution in [0.5, 0.6) is 5.75 Å². The zero-order valence-electron chi connectivity index (χ0n) is 16.2. The quantitative estimate of drug-likeness (QED) is 0.602. The van der Waals surface area contributed by atoms with Crippen molar-refractivity contribution in [1.29, 1.82) is 0 Å². The van der Waals surface area contributed by atoms with E-state index in [0.29, 0.717) is 48.7 Å². The molecule has 6 nitrogen and oxygen atoms in total. The summed E-state index contributed by atoms with van der Waals surface area (Å²) in [5.41, 5.74) is 1.33. The van der Waals surface area contributed by atoms with E-state index in [1.54, 1.807) is 36.4 Å². The second-order valence-corrected chi connectivity index (χ2v) is 7.49. The van der Waals surface area contributed by atoms with Crippen molar-refractivity contribution in [1.82, 2.24) is 10.2 Å². The predicted octanol–water partition coefficient (Wildman–Crippen LogP) is 3.23. The van der Waals surface area contributed by atoms with Crippen molar-refractivity contribution < 1.29 is 19.1 Å². The van der Waals surface area contributed by atoms with Gasteiger partial charge in [0.15, 0.2) is 0 Å². The largest absolute Gasteiger partial charge is 0.427 e. The number of ether oxygens (including phenoxy) is 1. The van der Waals surface area contributed by atoms with Gasteiger partial charge in [0, 0.05) is 36.6 Å². The van der Waals surface area contributed by atoms with E-state index in [2.05, 4.69) is 5.32 Å². The molecular formula is C22H23ClN2O4. The Morgan fingerprint density at radius 1 is 1.10 bits per heavy atom. The fraction of sp³-hybridized carbons (Fsp3) is 0.318. The highest BCUT2D eigenvalue weighted by atomic mass is 35.5. The second kappa shape index (κ2) is 9.56. The standard InChI is InChI=1S/C22H23ClN2O4/c1-15(26)29-20-7-3-5-17(14-20)22(28)24-19-8-10-25(11-9-19)21(27)13-16-4-2-6-18(23)12-16/h2-7,12,14,19H,8-11,13H2,1H3,(H,24,28). The maximum atomic E-state index is 12.5. The van der Waals surface area contributed by atoms with Crippen LogP contribution in [0.15, 0.2) is 48.5 Å². The maximum absolute atomic E-state index is 12.5. The number of halogens is 1. The Hall–Kier alpha value is -2.86. The molecule has 1 aliphatic rings. The van der Waals surface area contributed by atoms with Gasteiger partial charge in [0.25, 0.3) is 5.91 Å². The van der Waals surface area contributed by atoms with E-state index in [0.717, 1.165) is 5.56 Å². The number of esters is 1. The number of nitrogens with one attached hydrogen (secondary N) is 1. The summed E-state index contributed by atoms with van der Waals surface area (Å²) in [5, 5.41) is 3.62. The van der Waals surface area contributed by atoms with Crippen LogP contribution in [-0.2, 0) is 16.0 Å². The van der Waals surface area contributed by atoms with Crippen LogP contribution >= 0.6 is 11.6 Å². The van der Waals surface area contributed by atoms with Crippen molar-refractivity contribution in [3.63, 3.8) is 0 Å². The molecule has 2 aromatic carbocycles. The molecule has 0 aliphatic carbocycles. The van der Waals surface area contributed by atoms with Crippen LogP contribution in [0.25, 0.3) is 0 Å². The third kappa shape index (κ3) is 6.06. The van der Waals surface area contributed by atoms with Crippen LogP contribution < -0.4 is 10.1 Å². The van der Waals surface area contributed by atoms with Gasteiger partial charge in [-0.2, -0.15) is 0 Å². The highest BCUT2D eigenvalue weighted by Gasteiger charge is 2.24. The Balaban J connectivity index is 1.50. The van der Waals surface area contributed by atoms with Crippen LogP contribution in [-0.4, -0.2) is 41.8 Å². The van der Waals surface area contributed by atoms with Gasteiger partial charge in [0.1, 0.15) is 5.75 Å². The number of carbonyl (C=O) groups is 3. The summed E-state index contributed by atoms with van der Waals surface area (Å²) >= 11 is 5.98. The Morgan fingerprint density at radius 2 is 1.83 bits per heavy atom. The molecule has 2 aromatic rings. The summed E-state index contributed by atoms with van der Waals surface area (Å²) in [6.45, 7) is 2.50. The van der Waals surface area contributed by atoms with Gasteiger partial charge in [-0.3, -0.25) is 14.4 Å². The van der Waals surface area contributed by atoms with Crippen molar-refractivity contribution in [2.45, 2.75) is 32.2 Å². The molecule has 3 rings (SSSR count). The molecule has 0 spiro atoms. The van der Waals surface area contributed by atoms with Gasteiger partial charge in [-0.15, -0.1) is 0 Å². The number of likely N-dealkylation sites (tertiary alicyclic amines) is 1. The lowest BCUT2D eigenvalue weighted by Crippen LogP contribution is -2.47. The molecule has 2 amide bonds. The number of piperidine rings is 1. The van der Waals surface area contributed by atoms with Gasteiger partial charge in [-0.1, -0.05) is 29.8 Å². The average Bonchev–Trinajstić information content (AvgIpc) is 2.68. The van der Waals surface area contributed by atoms with Crippen molar-refractivity contribution in [3.05, 3.63) is 64.7 Å². The molecule has 29 heavy (non-hydrogen) atoms. The zero-order chi connectivity index (χ0) is 20.8. The van der Waals surface area contributed by atoms with Crippen LogP contribution in [0.2, 0.25) is 5.02 Å². The van der Waals surface area contributed by atoms with Gasteiger partial charge < -0.3 is 15.0 Å². The second-order valence-electron chi connectivity index (χ2n) is 7.06. The smallest absolute Gasteiger partial charge is 0.308 e. The number of nitrogens with zero attached hydrogens (tertiary/aromatic N) is 1. The lowest BCUT2D eigenvalue weighted by Gasteiger charge is -2.32. The third-order valence-electron chi connectivity index (χ3n) is 4.79. The summed E-state index contributed by atoms with van der Waals surface area (Å²) in [6, 6.07) is 13.8. The number of hydrogen-bond acceptors (Lipinski definition) is 4. The van der Waals surface area contributed by atoms with Gasteiger partial charge in [0.2, 0.25) is 5.91 Å². The topological polar surface area (TPSA) is 75.7 Å². The van der Waals surface area contributed by atoms with E-state index in [9.17, 15) is 14.4 Å². The molecule has 0 aromatic heterocycles. The number of rotatable bonds is 5. The number of benzene rings is 2. The summed E-state index contributed by atoms with van der Waals surface area (Å²) < 4.78 is 5.02. The summed E-state index contributed by atoms with van der Waals surface area (Å²) in [6.07, 6.45) is 1.70. The summed E-state index contributed by atoms with van der Waals surface area (Å²) in [4.78, 5) is 37.9. The van der Waals surface area contributed by atoms with Gasteiger partial charge in [-0.05, 0) is 48.7 Å². The van der Waals surface area contributed by atoms with E-state index >= 15 is 0 Å². The Kier molecular flexibility index (Phi) is 6.88. The van der Waals surface area contributed by atoms with Crippen LogP contribution in [0.1, 0.15) is 35.7 Å². The number of carbonyl (C=O) groups excluding carboxylic acids is 3. The van der Waals surface area contributed by atoms with Crippen molar-refractivity contribution >= 4 is 29.4 Å². The molecule has 0 unspecified atom stereocenters. The molecule has 0 atom stereocenters. The van der Waals surface area contributed by atoms with Crippen LogP contribution in [0.4, 0.5) is 0 Å². The van der Waals surface area contributed by atoms with Gasteiger partial charge >= 0.3 is 5.97 Å². The Morgan fingerprint density at radius 3 is 2.52 bits per heavy atom. The average molecular weight is 415 g/mol. The first-order valence-corrected chi connectivity index (χ1v) is 9.90. The van der Waals surface area contributed by atoms with Crippen LogP contribution in [0.3, 0.4) is 0 Å². The third-order valence-corrected chi connectivity index (χ3v) is 5.02. The lowest BCUT2D eigenvalue weighted by atomic mass is 10.0. The molecule has 1 aliphatic heterocycles. The minimum atomic E-state index is -0.433. The molecule has 0 bridgehead atoms. The van der Waals surface area contributed by atoms with Crippen molar-refractivity contribution in [3.8, 4) is 5.75 Å². The lowest BCUT2D eigenvalue weighted by molar-refractivity contribution is -0.132. The normalized spacial score (nSPS) is 14.3. The van der Waals surface area contributed by atoms with E-state index in [1.807, 2.05) is 17.0 Å². The predicted molar refractivity (Wildman–Crippen MR) is 110 cm³/mol. The SMILES string of the molecule is CC(=O)Oc1cccc(C(=O)NC2CCN(C(=O)Cc3cccc(Cl)c3)CC2)c1. The molecule has 0 radical (unpaired) electrons. The highest BCUT2D eigenvalue weighted by Crippen LogP contribution is 2.17. The monoisotopic (exact) mass is 414 g/mol. The van der Waals surface area contributed by atoms with E-state index in [-0.39, 0.29) is 17.9 Å². The van der Waals surface area contributed by atoms with Crippen LogP contribution in [0, 0.1) is 0 Å². The Labute approximate surface area is 174 Å². The molecule has 1 fully saturated rings. The number of hydrogen-bond donors (Lipinski definition) is 1. The first-order valence-electron chi connectivity index (χ1n) is 9.52. The van der Waals surface area contributed by atoms with Gasteiger partial charge in [0.05, 0.1) is 6.42 Å². The first kappa shape index (κ1) is 20.9. The molecule has 1 heterocycles. The minimum Gasteiger partial charge on any atom is -0.427 e. The fourth-order valence-electron chi connectivity index (χ4n) is 3.34. The number of amides is 2. The summed E-state index contributed by atoms with van der Waals surface area (Å²) in [7, 11) is 0. The molecule has 1 saturated heterocycles. The molecule has 7 heteroatoms. The highest BCUT2D eigenvalue weighted by molar-refractivity contribution is 6.30. The molecule has 0 saturated carbocycles. The minimum absolute atomic E-state index is 0.00454.